The molecule has 0 radical (unpaired) electrons. The molecule has 0 unspecified atom stereocenters. The van der Waals surface area contributed by atoms with Crippen LogP contribution in [0.5, 0.6) is 0 Å². The predicted octanol–water partition coefficient (Wildman–Crippen LogP) is 4.10. The minimum Gasteiger partial charge on any atom is -0.457 e. The molecule has 0 fully saturated rings. The van der Waals surface area contributed by atoms with Crippen LogP contribution in [0.3, 0.4) is 0 Å². The summed E-state index contributed by atoms with van der Waals surface area (Å²) in [6, 6.07) is 20.5. The molecule has 0 saturated carbocycles. The third-order valence-corrected chi connectivity index (χ3v) is 4.04. The smallest absolute Gasteiger partial charge is 0.306 e. The standard InChI is InChI=1S/C21H27NO2/c1-4-20(23)24-21(18-13-9-6-10-14-18)19(16-22(2)3)15-17-11-7-5-8-12-17/h5-14,19,21H,4,15-16H2,1-3H3/t19-,21+/m1/s1. The van der Waals surface area contributed by atoms with Crippen molar-refractivity contribution in [3.63, 3.8) is 0 Å². The van der Waals surface area contributed by atoms with Gasteiger partial charge in [-0.1, -0.05) is 67.6 Å². The van der Waals surface area contributed by atoms with E-state index in [1.807, 2.05) is 43.3 Å². The fraction of sp³-hybridized carbons (Fsp3) is 0.381. The largest absolute Gasteiger partial charge is 0.457 e. The van der Waals surface area contributed by atoms with Crippen LogP contribution in [0, 0.1) is 5.92 Å². The van der Waals surface area contributed by atoms with Crippen LogP contribution in [0.25, 0.3) is 0 Å². The minimum absolute atomic E-state index is 0.152. The van der Waals surface area contributed by atoms with E-state index >= 15 is 0 Å². The van der Waals surface area contributed by atoms with E-state index < -0.39 is 0 Å². The highest BCUT2D eigenvalue weighted by molar-refractivity contribution is 5.69. The Morgan fingerprint density at radius 1 is 1.00 bits per heavy atom. The molecule has 2 rings (SSSR count). The average Bonchev–Trinajstić information content (AvgIpc) is 2.60. The SMILES string of the molecule is CCC(=O)O[C@@H](c1ccccc1)[C@H](Cc1ccccc1)CN(C)C. The maximum atomic E-state index is 12.0. The molecular weight excluding hydrogens is 298 g/mol. The van der Waals surface area contributed by atoms with Crippen molar-refractivity contribution in [3.05, 3.63) is 71.8 Å². The predicted molar refractivity (Wildman–Crippen MR) is 97.8 cm³/mol. The second-order valence-corrected chi connectivity index (χ2v) is 6.39. The van der Waals surface area contributed by atoms with Gasteiger partial charge in [-0.2, -0.15) is 0 Å². The van der Waals surface area contributed by atoms with Crippen LogP contribution in [0.15, 0.2) is 60.7 Å². The Kier molecular flexibility index (Phi) is 7.01. The summed E-state index contributed by atoms with van der Waals surface area (Å²) in [6.07, 6.45) is 1.03. The van der Waals surface area contributed by atoms with Crippen LogP contribution in [0.4, 0.5) is 0 Å². The molecule has 2 aromatic carbocycles. The molecule has 0 amide bonds. The van der Waals surface area contributed by atoms with Crippen molar-refractivity contribution in [3.8, 4) is 0 Å². The van der Waals surface area contributed by atoms with E-state index in [1.165, 1.54) is 5.56 Å². The Morgan fingerprint density at radius 3 is 2.12 bits per heavy atom. The Bertz CT molecular complexity index is 610. The Hall–Kier alpha value is -2.13. The summed E-state index contributed by atoms with van der Waals surface area (Å²) < 4.78 is 5.86. The van der Waals surface area contributed by atoms with Crippen molar-refractivity contribution in [2.45, 2.75) is 25.9 Å². The van der Waals surface area contributed by atoms with Crippen LogP contribution in [0.1, 0.15) is 30.6 Å². The Labute approximate surface area is 145 Å². The van der Waals surface area contributed by atoms with Gasteiger partial charge in [-0.3, -0.25) is 4.79 Å². The van der Waals surface area contributed by atoms with E-state index in [0.29, 0.717) is 6.42 Å². The molecule has 0 aliphatic heterocycles. The number of nitrogens with zero attached hydrogens (tertiary/aromatic N) is 1. The van der Waals surface area contributed by atoms with E-state index in [0.717, 1.165) is 18.5 Å². The highest BCUT2D eigenvalue weighted by atomic mass is 16.5. The minimum atomic E-state index is -0.235. The molecular formula is C21H27NO2. The molecule has 0 aliphatic carbocycles. The lowest BCUT2D eigenvalue weighted by molar-refractivity contribution is -0.152. The summed E-state index contributed by atoms with van der Waals surface area (Å²) >= 11 is 0. The van der Waals surface area contributed by atoms with Crippen LogP contribution in [-0.4, -0.2) is 31.5 Å². The Balaban J connectivity index is 2.30. The molecule has 128 valence electrons. The first-order valence-electron chi connectivity index (χ1n) is 8.53. The maximum Gasteiger partial charge on any atom is 0.306 e. The molecule has 24 heavy (non-hydrogen) atoms. The monoisotopic (exact) mass is 325 g/mol. The van der Waals surface area contributed by atoms with Crippen LogP contribution >= 0.6 is 0 Å². The lowest BCUT2D eigenvalue weighted by atomic mass is 9.89. The molecule has 0 bridgehead atoms. The van der Waals surface area contributed by atoms with Gasteiger partial charge in [-0.25, -0.2) is 0 Å². The molecule has 2 aromatic rings. The first-order valence-corrected chi connectivity index (χ1v) is 8.53. The number of ether oxygens (including phenoxy) is 1. The zero-order valence-electron chi connectivity index (χ0n) is 14.8. The molecule has 2 atom stereocenters. The van der Waals surface area contributed by atoms with Crippen LogP contribution < -0.4 is 0 Å². The summed E-state index contributed by atoms with van der Waals surface area (Å²) in [5.74, 6) is 0.0426. The van der Waals surface area contributed by atoms with Gasteiger partial charge in [0.05, 0.1) is 0 Å². The number of carbonyl (C=O) groups is 1. The summed E-state index contributed by atoms with van der Waals surface area (Å²) in [6.45, 7) is 2.69. The second-order valence-electron chi connectivity index (χ2n) is 6.39. The second kappa shape index (κ2) is 9.24. The van der Waals surface area contributed by atoms with E-state index in [-0.39, 0.29) is 18.0 Å². The number of esters is 1. The van der Waals surface area contributed by atoms with E-state index in [2.05, 4.69) is 43.3 Å². The number of rotatable bonds is 8. The number of carbonyl (C=O) groups excluding carboxylic acids is 1. The average molecular weight is 325 g/mol. The summed E-state index contributed by atoms with van der Waals surface area (Å²) in [5.41, 5.74) is 2.32. The van der Waals surface area contributed by atoms with Crippen molar-refractivity contribution in [1.29, 1.82) is 0 Å². The molecule has 3 heteroatoms. The fourth-order valence-corrected chi connectivity index (χ4v) is 2.96. The fourth-order valence-electron chi connectivity index (χ4n) is 2.96. The molecule has 3 nitrogen and oxygen atoms in total. The molecule has 0 aromatic heterocycles. The molecule has 0 spiro atoms. The van der Waals surface area contributed by atoms with Gasteiger partial charge in [0.2, 0.25) is 0 Å². The van der Waals surface area contributed by atoms with Gasteiger partial charge in [-0.05, 0) is 31.6 Å². The van der Waals surface area contributed by atoms with Gasteiger partial charge < -0.3 is 9.64 Å². The van der Waals surface area contributed by atoms with Gasteiger partial charge in [-0.15, -0.1) is 0 Å². The lowest BCUT2D eigenvalue weighted by Gasteiger charge is -2.30. The molecule has 0 heterocycles. The van der Waals surface area contributed by atoms with Gasteiger partial charge >= 0.3 is 5.97 Å². The van der Waals surface area contributed by atoms with Crippen molar-refractivity contribution in [2.24, 2.45) is 5.92 Å². The van der Waals surface area contributed by atoms with Crippen molar-refractivity contribution in [1.82, 2.24) is 4.90 Å². The highest BCUT2D eigenvalue weighted by Gasteiger charge is 2.27. The third-order valence-electron chi connectivity index (χ3n) is 4.04. The van der Waals surface area contributed by atoms with Gasteiger partial charge in [0.1, 0.15) is 6.10 Å². The zero-order chi connectivity index (χ0) is 17.4. The number of benzene rings is 2. The topological polar surface area (TPSA) is 29.5 Å². The van der Waals surface area contributed by atoms with Crippen LogP contribution in [0.2, 0.25) is 0 Å². The maximum absolute atomic E-state index is 12.0. The first kappa shape index (κ1) is 18.2. The summed E-state index contributed by atoms with van der Waals surface area (Å²) in [5, 5.41) is 0. The van der Waals surface area contributed by atoms with Gasteiger partial charge in [0.15, 0.2) is 0 Å². The summed E-state index contributed by atoms with van der Waals surface area (Å²) in [4.78, 5) is 14.2. The normalized spacial score (nSPS) is 13.5. The van der Waals surface area contributed by atoms with Gasteiger partial charge in [0.25, 0.3) is 0 Å². The van der Waals surface area contributed by atoms with E-state index in [9.17, 15) is 4.79 Å². The Morgan fingerprint density at radius 2 is 1.58 bits per heavy atom. The van der Waals surface area contributed by atoms with E-state index in [1.54, 1.807) is 0 Å². The zero-order valence-corrected chi connectivity index (χ0v) is 14.8. The van der Waals surface area contributed by atoms with Crippen molar-refractivity contribution >= 4 is 5.97 Å². The quantitative estimate of drug-likeness (QED) is 0.684. The van der Waals surface area contributed by atoms with Crippen molar-refractivity contribution in [2.75, 3.05) is 20.6 Å². The first-order chi connectivity index (χ1) is 11.6. The van der Waals surface area contributed by atoms with Crippen LogP contribution in [-0.2, 0) is 16.0 Å². The lowest BCUT2D eigenvalue weighted by Crippen LogP contribution is -2.30. The van der Waals surface area contributed by atoms with E-state index in [4.69, 9.17) is 4.74 Å². The third kappa shape index (κ3) is 5.50. The highest BCUT2D eigenvalue weighted by Crippen LogP contribution is 2.30. The number of hydrogen-bond donors (Lipinski definition) is 0. The molecule has 0 aliphatic rings. The van der Waals surface area contributed by atoms with Crippen molar-refractivity contribution < 1.29 is 9.53 Å². The summed E-state index contributed by atoms with van der Waals surface area (Å²) in [7, 11) is 4.11. The number of hydrogen-bond acceptors (Lipinski definition) is 3. The van der Waals surface area contributed by atoms with Gasteiger partial charge in [0, 0.05) is 18.9 Å². The molecule has 0 saturated heterocycles. The molecule has 0 N–H and O–H groups in total.